The van der Waals surface area contributed by atoms with Gasteiger partial charge in [-0.15, -0.1) is 0 Å². The van der Waals surface area contributed by atoms with Crippen molar-refractivity contribution in [3.63, 3.8) is 0 Å². The zero-order valence-electron chi connectivity index (χ0n) is 7.84. The molecular weight excluding hydrogens is 320 g/mol. The summed E-state index contributed by atoms with van der Waals surface area (Å²) < 4.78 is 59.1. The van der Waals surface area contributed by atoms with Crippen LogP contribution in [0, 0.1) is 5.82 Å². The smallest absolute Gasteiger partial charge is 0.273 e. The Hall–Kier alpha value is -0.450. The van der Waals surface area contributed by atoms with Crippen molar-refractivity contribution in [3.8, 4) is 0 Å². The molecule has 1 aromatic rings. The van der Waals surface area contributed by atoms with Crippen LogP contribution in [0.5, 0.6) is 0 Å². The molecule has 11 heteroatoms. The van der Waals surface area contributed by atoms with Gasteiger partial charge in [-0.1, -0.05) is 11.6 Å². The number of primary sulfonamides is 1. The van der Waals surface area contributed by atoms with Crippen LogP contribution in [0.1, 0.15) is 0 Å². The molecule has 0 aliphatic carbocycles. The minimum Gasteiger partial charge on any atom is -0.273 e. The van der Waals surface area contributed by atoms with Gasteiger partial charge in [0, 0.05) is 10.7 Å². The van der Waals surface area contributed by atoms with E-state index in [1.165, 1.54) is 0 Å². The molecule has 17 heavy (non-hydrogen) atoms. The maximum atomic E-state index is 12.4. The molecule has 0 atom stereocenters. The van der Waals surface area contributed by atoms with E-state index in [9.17, 15) is 12.8 Å². The van der Waals surface area contributed by atoms with E-state index in [1.54, 1.807) is 0 Å². The summed E-state index contributed by atoms with van der Waals surface area (Å²) in [4.78, 5) is -0.273. The van der Waals surface area contributed by atoms with Crippen LogP contribution in [0.15, 0.2) is 23.1 Å². The highest BCUT2D eigenvalue weighted by Gasteiger charge is 2.12. The van der Waals surface area contributed by atoms with Gasteiger partial charge in [0.1, 0.15) is 10.7 Å². The Labute approximate surface area is 106 Å². The third kappa shape index (κ3) is 8.30. The summed E-state index contributed by atoms with van der Waals surface area (Å²) in [5, 5.41) is 4.56. The SMILES string of the molecule is NS(=O)(=O)c1ccc(F)cc1Cl.O=S(=O)(O)Cl. The van der Waals surface area contributed by atoms with Crippen molar-refractivity contribution in [3.05, 3.63) is 29.0 Å². The summed E-state index contributed by atoms with van der Waals surface area (Å²) in [5.74, 6) is -0.604. The molecule has 0 bridgehead atoms. The molecule has 1 aromatic carbocycles. The summed E-state index contributed by atoms with van der Waals surface area (Å²) in [6.07, 6.45) is 0. The normalized spacial score (nSPS) is 11.6. The van der Waals surface area contributed by atoms with E-state index in [2.05, 4.69) is 10.7 Å². The van der Waals surface area contributed by atoms with Crippen LogP contribution in [0.25, 0.3) is 0 Å². The summed E-state index contributed by atoms with van der Waals surface area (Å²) in [5.41, 5.74) is 0. The quantitative estimate of drug-likeness (QED) is 0.593. The van der Waals surface area contributed by atoms with Gasteiger partial charge in [-0.3, -0.25) is 4.55 Å². The molecule has 0 aliphatic heterocycles. The highest BCUT2D eigenvalue weighted by molar-refractivity contribution is 8.09. The Kier molecular flexibility index (Phi) is 5.78. The number of halogens is 3. The minimum absolute atomic E-state index is 0.211. The second-order valence-corrected chi connectivity index (χ2v) is 6.46. The van der Waals surface area contributed by atoms with Crippen molar-refractivity contribution in [1.82, 2.24) is 0 Å². The van der Waals surface area contributed by atoms with Gasteiger partial charge in [-0.05, 0) is 18.2 Å². The predicted octanol–water partition coefficient (Wildman–Crippen LogP) is 1.15. The van der Waals surface area contributed by atoms with Gasteiger partial charge in [-0.2, -0.15) is 8.42 Å². The number of hydrogen-bond acceptors (Lipinski definition) is 4. The Bertz CT molecular complexity index is 593. The molecule has 0 unspecified atom stereocenters. The first-order chi connectivity index (χ1) is 7.41. The van der Waals surface area contributed by atoms with Crippen molar-refractivity contribution in [1.29, 1.82) is 0 Å². The van der Waals surface area contributed by atoms with Crippen LogP contribution in [-0.2, 0) is 19.4 Å². The van der Waals surface area contributed by atoms with Crippen molar-refractivity contribution < 1.29 is 25.8 Å². The van der Waals surface area contributed by atoms with Gasteiger partial charge < -0.3 is 0 Å². The highest BCUT2D eigenvalue weighted by Crippen LogP contribution is 2.20. The summed E-state index contributed by atoms with van der Waals surface area (Å²) in [6.45, 7) is 0. The van der Waals surface area contributed by atoms with Gasteiger partial charge in [0.15, 0.2) is 0 Å². The van der Waals surface area contributed by atoms with E-state index in [-0.39, 0.29) is 9.92 Å². The molecule has 0 amide bonds. The van der Waals surface area contributed by atoms with Crippen LogP contribution in [0.4, 0.5) is 4.39 Å². The van der Waals surface area contributed by atoms with Gasteiger partial charge >= 0.3 is 9.33 Å². The van der Waals surface area contributed by atoms with Gasteiger partial charge in [0.2, 0.25) is 10.0 Å². The lowest BCUT2D eigenvalue weighted by Crippen LogP contribution is -2.12. The molecule has 6 nitrogen and oxygen atoms in total. The molecule has 0 fully saturated rings. The number of rotatable bonds is 1. The largest absolute Gasteiger partial charge is 0.353 e. The van der Waals surface area contributed by atoms with E-state index < -0.39 is 25.2 Å². The Morgan fingerprint density at radius 1 is 1.24 bits per heavy atom. The Balaban J connectivity index is 0.000000437. The molecule has 0 spiro atoms. The highest BCUT2D eigenvalue weighted by atomic mass is 35.7. The Morgan fingerprint density at radius 2 is 1.65 bits per heavy atom. The second-order valence-electron chi connectivity index (χ2n) is 2.53. The topological polar surface area (TPSA) is 115 Å². The van der Waals surface area contributed by atoms with E-state index >= 15 is 0 Å². The third-order valence-electron chi connectivity index (χ3n) is 1.20. The second kappa shape index (κ2) is 5.94. The van der Waals surface area contributed by atoms with Crippen LogP contribution >= 0.6 is 22.3 Å². The van der Waals surface area contributed by atoms with Crippen molar-refractivity contribution in [2.75, 3.05) is 0 Å². The molecule has 0 saturated heterocycles. The summed E-state index contributed by atoms with van der Waals surface area (Å²) in [7, 11) is -3.99. The number of nitrogens with two attached hydrogens (primary N) is 1. The predicted molar refractivity (Wildman–Crippen MR) is 60.2 cm³/mol. The van der Waals surface area contributed by atoms with Crippen LogP contribution < -0.4 is 5.14 Å². The number of benzene rings is 1. The fourth-order valence-electron chi connectivity index (χ4n) is 0.706. The molecular formula is C6H6Cl2FNO5S2. The maximum absolute atomic E-state index is 12.4. The molecule has 0 heterocycles. The van der Waals surface area contributed by atoms with Crippen LogP contribution in [0.2, 0.25) is 5.02 Å². The zero-order valence-corrected chi connectivity index (χ0v) is 11.0. The lowest BCUT2D eigenvalue weighted by Gasteiger charge is -1.99. The van der Waals surface area contributed by atoms with Crippen molar-refractivity contribution >= 4 is 41.6 Å². The van der Waals surface area contributed by atoms with E-state index in [0.717, 1.165) is 18.2 Å². The Morgan fingerprint density at radius 3 is 1.94 bits per heavy atom. The van der Waals surface area contributed by atoms with Crippen molar-refractivity contribution in [2.24, 2.45) is 5.14 Å². The summed E-state index contributed by atoms with van der Waals surface area (Å²) in [6, 6.07) is 2.89. The lowest BCUT2D eigenvalue weighted by molar-refractivity contribution is 0.501. The molecule has 1 rings (SSSR count). The monoisotopic (exact) mass is 325 g/mol. The van der Waals surface area contributed by atoms with Gasteiger partial charge in [0.25, 0.3) is 0 Å². The average molecular weight is 326 g/mol. The number of sulfonamides is 1. The molecule has 98 valence electrons. The molecule has 0 saturated carbocycles. The lowest BCUT2D eigenvalue weighted by atomic mass is 10.3. The van der Waals surface area contributed by atoms with Crippen molar-refractivity contribution in [2.45, 2.75) is 4.90 Å². The first-order valence-corrected chi connectivity index (χ1v) is 7.75. The van der Waals surface area contributed by atoms with E-state index in [4.69, 9.17) is 29.7 Å². The minimum atomic E-state index is -4.19. The van der Waals surface area contributed by atoms with Crippen LogP contribution in [-0.4, -0.2) is 21.4 Å². The third-order valence-corrected chi connectivity index (χ3v) is 2.59. The fourth-order valence-corrected chi connectivity index (χ4v) is 1.78. The maximum Gasteiger partial charge on any atom is 0.353 e. The molecule has 0 aliphatic rings. The molecule has 0 aromatic heterocycles. The fraction of sp³-hybridized carbons (Fsp3) is 0. The van der Waals surface area contributed by atoms with Gasteiger partial charge in [-0.25, -0.2) is 17.9 Å². The zero-order chi connectivity index (χ0) is 13.9. The molecule has 0 radical (unpaired) electrons. The first kappa shape index (κ1) is 16.6. The average Bonchev–Trinajstić information content (AvgIpc) is 1.96. The standard InChI is InChI=1S/C6H5ClFNO2S.ClHO3S/c7-5-3-4(8)1-2-6(5)12(9,10)11;1-5(2,3)4/h1-3H,(H2,9,10,11);(H,2,3,4). The van der Waals surface area contributed by atoms with E-state index in [0.29, 0.717) is 0 Å². The van der Waals surface area contributed by atoms with E-state index in [1.807, 2.05) is 0 Å². The summed E-state index contributed by atoms with van der Waals surface area (Å²) >= 11 is 5.41. The first-order valence-electron chi connectivity index (χ1n) is 3.56. The molecule has 3 N–H and O–H groups in total. The van der Waals surface area contributed by atoms with Crippen LogP contribution in [0.3, 0.4) is 0 Å². The number of hydrogen-bond donors (Lipinski definition) is 2. The van der Waals surface area contributed by atoms with Gasteiger partial charge in [0.05, 0.1) is 5.02 Å².